The first kappa shape index (κ1) is 27.5. The Kier molecular flexibility index (Phi) is 7.21. The van der Waals surface area contributed by atoms with Gasteiger partial charge in [0.25, 0.3) is 0 Å². The minimum absolute atomic E-state index is 0.0822. The van der Waals surface area contributed by atoms with Crippen molar-refractivity contribution in [1.29, 1.82) is 0 Å². The first-order valence-electron chi connectivity index (χ1n) is 12.9. The average Bonchev–Trinajstić information content (AvgIpc) is 3.23. The van der Waals surface area contributed by atoms with Crippen molar-refractivity contribution >= 4 is 39.5 Å². The van der Waals surface area contributed by atoms with E-state index in [1.54, 1.807) is 33.0 Å². The summed E-state index contributed by atoms with van der Waals surface area (Å²) >= 11 is 1.43. The molecule has 0 unspecified atom stereocenters. The van der Waals surface area contributed by atoms with E-state index in [1.165, 1.54) is 23.3 Å². The Balaban J connectivity index is 1.42. The number of pyridine rings is 1. The molecule has 1 aliphatic carbocycles. The van der Waals surface area contributed by atoms with E-state index in [4.69, 9.17) is 14.2 Å². The zero-order chi connectivity index (χ0) is 28.7. The summed E-state index contributed by atoms with van der Waals surface area (Å²) in [5.74, 6) is -0.559. The van der Waals surface area contributed by atoms with Crippen molar-refractivity contribution in [3.8, 4) is 17.4 Å². The van der Waals surface area contributed by atoms with Gasteiger partial charge < -0.3 is 19.5 Å². The van der Waals surface area contributed by atoms with Crippen molar-refractivity contribution in [2.75, 3.05) is 13.7 Å². The number of aromatic nitrogens is 3. The molecule has 1 saturated carbocycles. The second-order valence-corrected chi connectivity index (χ2v) is 11.7. The van der Waals surface area contributed by atoms with E-state index in [-0.39, 0.29) is 18.9 Å². The first-order valence-corrected chi connectivity index (χ1v) is 13.8. The molecule has 2 amide bonds. The maximum atomic E-state index is 13.6. The molecular weight excluding hydrogens is 534 g/mol. The Morgan fingerprint density at radius 3 is 2.67 bits per heavy atom. The Hall–Kier alpha value is -4.06. The molecule has 3 aromatic heterocycles. The summed E-state index contributed by atoms with van der Waals surface area (Å²) < 4.78 is 17.6. The summed E-state index contributed by atoms with van der Waals surface area (Å²) in [5, 5.41) is 4.72. The lowest BCUT2D eigenvalue weighted by molar-refractivity contribution is -0.147. The first-order chi connectivity index (χ1) is 19.0. The van der Waals surface area contributed by atoms with Crippen LogP contribution in [-0.2, 0) is 19.1 Å². The van der Waals surface area contributed by atoms with E-state index in [0.29, 0.717) is 29.3 Å². The van der Waals surface area contributed by atoms with Gasteiger partial charge in [-0.15, -0.1) is 17.9 Å². The number of nitrogens with one attached hydrogen (secondary N) is 1. The van der Waals surface area contributed by atoms with E-state index in [2.05, 4.69) is 26.8 Å². The van der Waals surface area contributed by atoms with E-state index in [0.717, 1.165) is 4.70 Å². The number of esters is 1. The largest absolute Gasteiger partial charge is 0.471 e. The second-order valence-electron chi connectivity index (χ2n) is 10.8. The lowest BCUT2D eigenvalue weighted by Gasteiger charge is -2.28. The van der Waals surface area contributed by atoms with Crippen LogP contribution in [0.3, 0.4) is 0 Å². The average molecular weight is 566 g/mol. The fourth-order valence-electron chi connectivity index (χ4n) is 4.82. The summed E-state index contributed by atoms with van der Waals surface area (Å²) in [6.45, 7) is 9.09. The van der Waals surface area contributed by atoms with Crippen LogP contribution >= 0.6 is 11.3 Å². The Bertz CT molecular complexity index is 1450. The van der Waals surface area contributed by atoms with Crippen molar-refractivity contribution in [1.82, 2.24) is 25.2 Å². The number of ether oxygens (including phenoxy) is 3. The number of likely N-dealkylation sites (tertiary alicyclic amines) is 1. The van der Waals surface area contributed by atoms with Gasteiger partial charge in [0.2, 0.25) is 11.8 Å². The standard InChI is InChI=1S/C28H31N5O6S/c1-6-16-14-28(16,25(35)37-5)32-23(34)20-13-17(15-33(20)26(36)39-27(2,3)4)38-24-21-18(10-12-40-21)30-22(31-24)19-9-7-8-11-29-19/h6-12,16-17,20H,1,13-15H2,2-5H3,(H,32,34)/t16-,17-,20+,28-/m1/s1. The number of carbonyl (C=O) groups excluding carboxylic acids is 3. The van der Waals surface area contributed by atoms with Crippen LogP contribution in [0.4, 0.5) is 4.79 Å². The third-order valence-corrected chi connectivity index (χ3v) is 7.72. The Labute approximate surface area is 235 Å². The topological polar surface area (TPSA) is 133 Å². The van der Waals surface area contributed by atoms with Gasteiger partial charge in [-0.1, -0.05) is 12.1 Å². The summed E-state index contributed by atoms with van der Waals surface area (Å²) in [4.78, 5) is 54.3. The van der Waals surface area contributed by atoms with Crippen molar-refractivity contribution in [2.24, 2.45) is 5.92 Å². The van der Waals surface area contributed by atoms with Gasteiger partial charge in [-0.25, -0.2) is 14.6 Å². The maximum absolute atomic E-state index is 13.6. The number of amides is 2. The molecule has 4 heterocycles. The molecular formula is C28H31N5O6S. The van der Waals surface area contributed by atoms with Crippen LogP contribution in [-0.4, -0.2) is 74.8 Å². The van der Waals surface area contributed by atoms with Gasteiger partial charge in [0.1, 0.15) is 33.7 Å². The van der Waals surface area contributed by atoms with Gasteiger partial charge in [0.05, 0.1) is 19.2 Å². The molecule has 210 valence electrons. The number of methoxy groups -OCH3 is 1. The smallest absolute Gasteiger partial charge is 0.411 e. The molecule has 1 N–H and O–H groups in total. The van der Waals surface area contributed by atoms with Crippen molar-refractivity contribution in [2.45, 2.75) is 56.9 Å². The summed E-state index contributed by atoms with van der Waals surface area (Å²) in [6, 6.07) is 6.39. The second kappa shape index (κ2) is 10.5. The lowest BCUT2D eigenvalue weighted by atomic mass is 10.1. The monoisotopic (exact) mass is 565 g/mol. The number of fused-ring (bicyclic) bond motifs is 1. The third-order valence-electron chi connectivity index (χ3n) is 6.83. The van der Waals surface area contributed by atoms with E-state index in [9.17, 15) is 14.4 Å². The quantitative estimate of drug-likeness (QED) is 0.336. The summed E-state index contributed by atoms with van der Waals surface area (Å²) in [7, 11) is 1.27. The van der Waals surface area contributed by atoms with Crippen LogP contribution in [0.5, 0.6) is 5.88 Å². The molecule has 0 bridgehead atoms. The van der Waals surface area contributed by atoms with Gasteiger partial charge in [-0.2, -0.15) is 4.98 Å². The molecule has 40 heavy (non-hydrogen) atoms. The van der Waals surface area contributed by atoms with Gasteiger partial charge in [0.15, 0.2) is 5.82 Å². The molecule has 11 nitrogen and oxygen atoms in total. The third kappa shape index (κ3) is 5.35. The highest BCUT2D eigenvalue weighted by atomic mass is 32.1. The maximum Gasteiger partial charge on any atom is 0.411 e. The zero-order valence-electron chi connectivity index (χ0n) is 22.7. The van der Waals surface area contributed by atoms with Crippen LogP contribution in [0.25, 0.3) is 21.7 Å². The molecule has 2 aliphatic rings. The highest BCUT2D eigenvalue weighted by Crippen LogP contribution is 2.45. The number of nitrogens with zero attached hydrogens (tertiary/aromatic N) is 4. The van der Waals surface area contributed by atoms with Gasteiger partial charge >= 0.3 is 12.1 Å². The van der Waals surface area contributed by atoms with E-state index < -0.39 is 41.3 Å². The van der Waals surface area contributed by atoms with Gasteiger partial charge in [-0.05, 0) is 50.8 Å². The predicted octanol–water partition coefficient (Wildman–Crippen LogP) is 3.74. The van der Waals surface area contributed by atoms with Crippen LogP contribution in [0.15, 0.2) is 48.5 Å². The van der Waals surface area contributed by atoms with Crippen molar-refractivity contribution in [3.05, 3.63) is 48.5 Å². The zero-order valence-corrected chi connectivity index (χ0v) is 23.6. The Morgan fingerprint density at radius 2 is 2.02 bits per heavy atom. The normalized spacial score (nSPS) is 23.9. The number of carbonyl (C=O) groups is 3. The summed E-state index contributed by atoms with van der Waals surface area (Å²) in [6.07, 6.45) is 2.58. The molecule has 0 spiro atoms. The highest BCUT2D eigenvalue weighted by Gasteiger charge is 2.62. The van der Waals surface area contributed by atoms with Crippen molar-refractivity contribution in [3.63, 3.8) is 0 Å². The predicted molar refractivity (Wildman–Crippen MR) is 148 cm³/mol. The number of hydrogen-bond donors (Lipinski definition) is 1. The molecule has 4 atom stereocenters. The fourth-order valence-corrected chi connectivity index (χ4v) is 5.59. The minimum Gasteiger partial charge on any atom is -0.471 e. The van der Waals surface area contributed by atoms with E-state index in [1.807, 2.05) is 29.6 Å². The molecule has 1 aliphatic heterocycles. The minimum atomic E-state index is -1.19. The molecule has 0 radical (unpaired) electrons. The van der Waals surface area contributed by atoms with Crippen LogP contribution in [0.2, 0.25) is 0 Å². The van der Waals surface area contributed by atoms with Gasteiger partial charge in [0, 0.05) is 18.5 Å². The van der Waals surface area contributed by atoms with Crippen LogP contribution < -0.4 is 10.1 Å². The number of thiophene rings is 1. The highest BCUT2D eigenvalue weighted by molar-refractivity contribution is 7.17. The van der Waals surface area contributed by atoms with Gasteiger partial charge in [-0.3, -0.25) is 14.7 Å². The number of hydrogen-bond acceptors (Lipinski definition) is 10. The van der Waals surface area contributed by atoms with Crippen molar-refractivity contribution < 1.29 is 28.6 Å². The summed E-state index contributed by atoms with van der Waals surface area (Å²) in [5.41, 5.74) is -0.674. The Morgan fingerprint density at radius 1 is 1.23 bits per heavy atom. The molecule has 3 aromatic rings. The molecule has 0 aromatic carbocycles. The van der Waals surface area contributed by atoms with Crippen LogP contribution in [0.1, 0.15) is 33.6 Å². The fraction of sp³-hybridized carbons (Fsp3) is 0.429. The van der Waals surface area contributed by atoms with E-state index >= 15 is 0 Å². The molecule has 2 fully saturated rings. The van der Waals surface area contributed by atoms with Crippen LogP contribution in [0, 0.1) is 5.92 Å². The molecule has 12 heteroatoms. The number of rotatable bonds is 7. The molecule has 5 rings (SSSR count). The SMILES string of the molecule is C=C[C@@H]1C[C@]1(NC(=O)[C@@H]1C[C@@H](Oc2nc(-c3ccccn3)nc3ccsc23)CN1C(=O)OC(C)(C)C)C(=O)OC. The molecule has 1 saturated heterocycles. The lowest BCUT2D eigenvalue weighted by Crippen LogP contribution is -2.53.